The minimum absolute atomic E-state index is 0.737. The van der Waals surface area contributed by atoms with Gasteiger partial charge in [0.05, 0.1) is 0 Å². The van der Waals surface area contributed by atoms with Gasteiger partial charge in [0.1, 0.15) is 0 Å². The van der Waals surface area contributed by atoms with Crippen molar-refractivity contribution in [3.63, 3.8) is 0 Å². The molecule has 1 saturated carbocycles. The van der Waals surface area contributed by atoms with Gasteiger partial charge in [-0.05, 0) is 70.5 Å². The molecule has 2 heteroatoms. The molecule has 1 saturated heterocycles. The fraction of sp³-hybridized carbons (Fsp3) is 1.00. The summed E-state index contributed by atoms with van der Waals surface area (Å²) in [5, 5.41) is 3.60. The maximum atomic E-state index is 3.60. The van der Waals surface area contributed by atoms with Crippen LogP contribution in [-0.4, -0.2) is 37.1 Å². The van der Waals surface area contributed by atoms with Crippen molar-refractivity contribution < 1.29 is 0 Å². The monoisotopic (exact) mass is 266 g/mol. The van der Waals surface area contributed by atoms with Crippen molar-refractivity contribution in [3.05, 3.63) is 0 Å². The van der Waals surface area contributed by atoms with Crippen LogP contribution in [0.2, 0.25) is 0 Å². The molecule has 0 radical (unpaired) electrons. The zero-order chi connectivity index (χ0) is 13.7. The lowest BCUT2D eigenvalue weighted by molar-refractivity contribution is 0.100. The molecule has 112 valence electrons. The maximum Gasteiger partial charge on any atom is 0.0251 e. The first-order valence-electron chi connectivity index (χ1n) is 8.69. The molecule has 1 N–H and O–H groups in total. The van der Waals surface area contributed by atoms with E-state index in [1.807, 2.05) is 0 Å². The molecular weight excluding hydrogens is 232 g/mol. The third-order valence-electron chi connectivity index (χ3n) is 5.80. The Labute approximate surface area is 120 Å². The predicted octanol–water partition coefficient (Wildman–Crippen LogP) is 3.67. The lowest BCUT2D eigenvalue weighted by atomic mass is 9.80. The Morgan fingerprint density at radius 1 is 0.947 bits per heavy atom. The summed E-state index contributed by atoms with van der Waals surface area (Å²) in [5.74, 6) is 1.96. The SMILES string of the molecule is CCC1CCCN(C2CC(CC)CCC2NC)CC1. The molecule has 0 aromatic rings. The maximum absolute atomic E-state index is 3.60. The molecule has 4 unspecified atom stereocenters. The Hall–Kier alpha value is -0.0800. The summed E-state index contributed by atoms with van der Waals surface area (Å²) in [4.78, 5) is 2.83. The average Bonchev–Trinajstić information content (AvgIpc) is 2.71. The van der Waals surface area contributed by atoms with Gasteiger partial charge in [-0.15, -0.1) is 0 Å². The Balaban J connectivity index is 1.96. The van der Waals surface area contributed by atoms with Crippen molar-refractivity contribution in [2.75, 3.05) is 20.1 Å². The van der Waals surface area contributed by atoms with Crippen molar-refractivity contribution >= 4 is 0 Å². The van der Waals surface area contributed by atoms with E-state index in [4.69, 9.17) is 0 Å². The zero-order valence-corrected chi connectivity index (χ0v) is 13.3. The number of hydrogen-bond acceptors (Lipinski definition) is 2. The zero-order valence-electron chi connectivity index (χ0n) is 13.3. The molecule has 1 heterocycles. The summed E-state index contributed by atoms with van der Waals surface area (Å²) in [6, 6.07) is 1.54. The molecule has 0 spiro atoms. The highest BCUT2D eigenvalue weighted by molar-refractivity contribution is 4.91. The topological polar surface area (TPSA) is 15.3 Å². The van der Waals surface area contributed by atoms with Crippen LogP contribution in [0.25, 0.3) is 0 Å². The lowest BCUT2D eigenvalue weighted by Gasteiger charge is -2.42. The third-order valence-corrected chi connectivity index (χ3v) is 5.80. The van der Waals surface area contributed by atoms with Gasteiger partial charge in [0, 0.05) is 12.1 Å². The van der Waals surface area contributed by atoms with Crippen LogP contribution in [0.3, 0.4) is 0 Å². The van der Waals surface area contributed by atoms with Crippen LogP contribution >= 0.6 is 0 Å². The first-order chi connectivity index (χ1) is 9.28. The molecule has 0 bridgehead atoms. The van der Waals surface area contributed by atoms with Gasteiger partial charge in [-0.1, -0.05) is 26.7 Å². The molecule has 2 aliphatic rings. The second-order valence-corrected chi connectivity index (χ2v) is 6.79. The summed E-state index contributed by atoms with van der Waals surface area (Å²) in [6.45, 7) is 7.43. The van der Waals surface area contributed by atoms with Crippen LogP contribution in [0, 0.1) is 11.8 Å². The normalized spacial score (nSPS) is 38.1. The van der Waals surface area contributed by atoms with Crippen LogP contribution in [-0.2, 0) is 0 Å². The minimum atomic E-state index is 0.737. The second-order valence-electron chi connectivity index (χ2n) is 6.79. The predicted molar refractivity (Wildman–Crippen MR) is 83.5 cm³/mol. The van der Waals surface area contributed by atoms with E-state index in [1.165, 1.54) is 64.5 Å². The fourth-order valence-electron chi connectivity index (χ4n) is 4.27. The first-order valence-corrected chi connectivity index (χ1v) is 8.69. The fourth-order valence-corrected chi connectivity index (χ4v) is 4.27. The molecule has 0 aromatic heterocycles. The van der Waals surface area contributed by atoms with Gasteiger partial charge in [0.2, 0.25) is 0 Å². The van der Waals surface area contributed by atoms with Crippen molar-refractivity contribution in [2.24, 2.45) is 11.8 Å². The quantitative estimate of drug-likeness (QED) is 0.835. The van der Waals surface area contributed by atoms with Crippen LogP contribution in [0.15, 0.2) is 0 Å². The number of hydrogen-bond donors (Lipinski definition) is 1. The average molecular weight is 266 g/mol. The summed E-state index contributed by atoms with van der Waals surface area (Å²) in [6.07, 6.45) is 11.3. The van der Waals surface area contributed by atoms with Crippen LogP contribution in [0.1, 0.15) is 65.2 Å². The lowest BCUT2D eigenvalue weighted by Crippen LogP contribution is -2.52. The standard InChI is InChI=1S/C17H34N2/c1-4-14-7-6-11-19(12-10-14)17-13-15(5-2)8-9-16(17)18-3/h14-18H,4-13H2,1-3H3. The van der Waals surface area contributed by atoms with Crippen molar-refractivity contribution in [2.45, 2.75) is 77.3 Å². The van der Waals surface area contributed by atoms with Crippen LogP contribution in [0.5, 0.6) is 0 Å². The molecule has 1 aliphatic carbocycles. The molecule has 0 amide bonds. The van der Waals surface area contributed by atoms with E-state index in [0.717, 1.165) is 23.9 Å². The van der Waals surface area contributed by atoms with E-state index in [9.17, 15) is 0 Å². The van der Waals surface area contributed by atoms with Gasteiger partial charge in [0.15, 0.2) is 0 Å². The summed E-state index contributed by atoms with van der Waals surface area (Å²) >= 11 is 0. The van der Waals surface area contributed by atoms with Crippen molar-refractivity contribution in [1.29, 1.82) is 0 Å². The molecule has 2 fully saturated rings. The first kappa shape index (κ1) is 15.3. The highest BCUT2D eigenvalue weighted by atomic mass is 15.2. The molecule has 4 atom stereocenters. The van der Waals surface area contributed by atoms with Crippen molar-refractivity contribution in [1.82, 2.24) is 10.2 Å². The third kappa shape index (κ3) is 3.95. The Bertz CT molecular complexity index is 254. The van der Waals surface area contributed by atoms with E-state index in [2.05, 4.69) is 31.1 Å². The largest absolute Gasteiger partial charge is 0.315 e. The Morgan fingerprint density at radius 3 is 2.42 bits per heavy atom. The molecule has 1 aliphatic heterocycles. The number of nitrogens with zero attached hydrogens (tertiary/aromatic N) is 1. The second kappa shape index (κ2) is 7.64. The number of rotatable bonds is 4. The van der Waals surface area contributed by atoms with Gasteiger partial charge >= 0.3 is 0 Å². The summed E-state index contributed by atoms with van der Waals surface area (Å²) in [7, 11) is 2.16. The van der Waals surface area contributed by atoms with Crippen LogP contribution in [0.4, 0.5) is 0 Å². The summed E-state index contributed by atoms with van der Waals surface area (Å²) < 4.78 is 0. The van der Waals surface area contributed by atoms with E-state index < -0.39 is 0 Å². The van der Waals surface area contributed by atoms with E-state index in [-0.39, 0.29) is 0 Å². The Kier molecular flexibility index (Phi) is 6.15. The summed E-state index contributed by atoms with van der Waals surface area (Å²) in [5.41, 5.74) is 0. The number of nitrogens with one attached hydrogen (secondary N) is 1. The minimum Gasteiger partial charge on any atom is -0.315 e. The van der Waals surface area contributed by atoms with Crippen molar-refractivity contribution in [3.8, 4) is 0 Å². The number of likely N-dealkylation sites (tertiary alicyclic amines) is 1. The van der Waals surface area contributed by atoms with E-state index in [0.29, 0.717) is 0 Å². The van der Waals surface area contributed by atoms with Gasteiger partial charge in [0.25, 0.3) is 0 Å². The van der Waals surface area contributed by atoms with Gasteiger partial charge in [-0.25, -0.2) is 0 Å². The van der Waals surface area contributed by atoms with Crippen LogP contribution < -0.4 is 5.32 Å². The van der Waals surface area contributed by atoms with Gasteiger partial charge in [-0.3, -0.25) is 4.90 Å². The highest BCUT2D eigenvalue weighted by Gasteiger charge is 2.33. The van der Waals surface area contributed by atoms with E-state index in [1.54, 1.807) is 0 Å². The number of likely N-dealkylation sites (N-methyl/N-ethyl adjacent to an activating group) is 1. The molecule has 19 heavy (non-hydrogen) atoms. The molecule has 2 nitrogen and oxygen atoms in total. The molecule has 2 rings (SSSR count). The molecular formula is C17H34N2. The Morgan fingerprint density at radius 2 is 1.74 bits per heavy atom. The molecule has 0 aromatic carbocycles. The van der Waals surface area contributed by atoms with Gasteiger partial charge in [-0.2, -0.15) is 0 Å². The highest BCUT2D eigenvalue weighted by Crippen LogP contribution is 2.32. The van der Waals surface area contributed by atoms with E-state index >= 15 is 0 Å². The smallest absolute Gasteiger partial charge is 0.0251 e. The van der Waals surface area contributed by atoms with Gasteiger partial charge < -0.3 is 5.32 Å².